The second kappa shape index (κ2) is 4.11. The molecule has 5 heteroatoms. The highest BCUT2D eigenvalue weighted by Gasteiger charge is 2.23. The zero-order valence-corrected chi connectivity index (χ0v) is 9.81. The Morgan fingerprint density at radius 3 is 2.00 bits per heavy atom. The summed E-state index contributed by atoms with van der Waals surface area (Å²) in [5.41, 5.74) is -0.0376. The third-order valence-corrected chi connectivity index (χ3v) is 2.93. The quantitative estimate of drug-likeness (QED) is 0.521. The zero-order chi connectivity index (χ0) is 11.0. The summed E-state index contributed by atoms with van der Waals surface area (Å²) in [7, 11) is 0. The fourth-order valence-corrected chi connectivity index (χ4v) is 2.25. The molecular formula is C9H7BrClF3. The van der Waals surface area contributed by atoms with Crippen LogP contribution in [0.2, 0.25) is 5.02 Å². The Bertz CT molecular complexity index is 348. The maximum atomic E-state index is 13.3. The van der Waals surface area contributed by atoms with Gasteiger partial charge in [-0.3, -0.25) is 0 Å². The molecule has 0 bridgehead atoms. The Labute approximate surface area is 93.2 Å². The van der Waals surface area contributed by atoms with Crippen LogP contribution in [0.3, 0.4) is 0 Å². The number of hydrogen-bond donors (Lipinski definition) is 0. The summed E-state index contributed by atoms with van der Waals surface area (Å²) in [6.45, 7) is 3.27. The fourth-order valence-electron chi connectivity index (χ4n) is 1.13. The van der Waals surface area contributed by atoms with Crippen molar-refractivity contribution in [3.63, 3.8) is 0 Å². The second-order valence-electron chi connectivity index (χ2n) is 3.14. The normalized spacial score (nSPS) is 11.1. The van der Waals surface area contributed by atoms with E-state index in [-0.39, 0.29) is 16.0 Å². The molecule has 0 amide bonds. The molecule has 0 nitrogen and oxygen atoms in total. The van der Waals surface area contributed by atoms with Gasteiger partial charge in [0, 0.05) is 5.56 Å². The van der Waals surface area contributed by atoms with Gasteiger partial charge in [0.1, 0.15) is 5.02 Å². The molecule has 0 N–H and O–H groups in total. The number of benzene rings is 1. The lowest BCUT2D eigenvalue weighted by Gasteiger charge is -2.12. The van der Waals surface area contributed by atoms with Gasteiger partial charge in [0.25, 0.3) is 0 Å². The fraction of sp³-hybridized carbons (Fsp3) is 0.333. The van der Waals surface area contributed by atoms with Gasteiger partial charge in [-0.1, -0.05) is 25.4 Å². The minimum absolute atomic E-state index is 0.0376. The average Bonchev–Trinajstić information content (AvgIpc) is 2.11. The van der Waals surface area contributed by atoms with Gasteiger partial charge in [0.05, 0.1) is 4.47 Å². The van der Waals surface area contributed by atoms with E-state index in [1.54, 1.807) is 13.8 Å². The zero-order valence-electron chi connectivity index (χ0n) is 7.47. The number of rotatable bonds is 1. The van der Waals surface area contributed by atoms with E-state index in [0.717, 1.165) is 0 Å². The predicted molar refractivity (Wildman–Crippen MR) is 53.1 cm³/mol. The molecule has 0 saturated carbocycles. The molecule has 0 saturated heterocycles. The van der Waals surface area contributed by atoms with Crippen LogP contribution in [0, 0.1) is 17.5 Å². The first-order chi connectivity index (χ1) is 6.37. The van der Waals surface area contributed by atoms with Gasteiger partial charge >= 0.3 is 0 Å². The molecule has 0 aliphatic rings. The van der Waals surface area contributed by atoms with Crippen molar-refractivity contribution in [2.75, 3.05) is 0 Å². The Kier molecular flexibility index (Phi) is 3.48. The third-order valence-electron chi connectivity index (χ3n) is 1.82. The van der Waals surface area contributed by atoms with Gasteiger partial charge in [-0.2, -0.15) is 0 Å². The summed E-state index contributed by atoms with van der Waals surface area (Å²) in [6.07, 6.45) is 0. The highest BCUT2D eigenvalue weighted by atomic mass is 79.9. The molecule has 14 heavy (non-hydrogen) atoms. The molecule has 0 atom stereocenters. The van der Waals surface area contributed by atoms with Crippen LogP contribution in [0.1, 0.15) is 25.3 Å². The van der Waals surface area contributed by atoms with Crippen molar-refractivity contribution in [2.24, 2.45) is 0 Å². The smallest absolute Gasteiger partial charge is 0.180 e. The van der Waals surface area contributed by atoms with Gasteiger partial charge in [0.15, 0.2) is 17.5 Å². The van der Waals surface area contributed by atoms with Gasteiger partial charge < -0.3 is 0 Å². The van der Waals surface area contributed by atoms with E-state index >= 15 is 0 Å². The lowest BCUT2D eigenvalue weighted by atomic mass is 10.0. The van der Waals surface area contributed by atoms with E-state index in [1.807, 2.05) is 0 Å². The van der Waals surface area contributed by atoms with Gasteiger partial charge in [0.2, 0.25) is 0 Å². The van der Waals surface area contributed by atoms with E-state index in [4.69, 9.17) is 11.6 Å². The number of halogens is 5. The first kappa shape index (κ1) is 11.9. The molecular weight excluding hydrogens is 280 g/mol. The molecule has 0 aliphatic carbocycles. The molecule has 0 heterocycles. The molecule has 0 unspecified atom stereocenters. The Hall–Kier alpha value is -0.220. The van der Waals surface area contributed by atoms with Gasteiger partial charge in [-0.05, 0) is 21.8 Å². The first-order valence-corrected chi connectivity index (χ1v) is 5.06. The highest BCUT2D eigenvalue weighted by Crippen LogP contribution is 2.35. The van der Waals surface area contributed by atoms with Crippen molar-refractivity contribution in [2.45, 2.75) is 19.8 Å². The maximum absolute atomic E-state index is 13.3. The van der Waals surface area contributed by atoms with Crippen LogP contribution in [0.5, 0.6) is 0 Å². The second-order valence-corrected chi connectivity index (χ2v) is 4.31. The van der Waals surface area contributed by atoms with Crippen LogP contribution in [0.15, 0.2) is 4.47 Å². The van der Waals surface area contributed by atoms with E-state index in [9.17, 15) is 13.2 Å². The Morgan fingerprint density at radius 2 is 1.57 bits per heavy atom. The van der Waals surface area contributed by atoms with Crippen LogP contribution in [0.25, 0.3) is 0 Å². The molecule has 1 rings (SSSR count). The topological polar surface area (TPSA) is 0 Å². The van der Waals surface area contributed by atoms with E-state index in [2.05, 4.69) is 15.9 Å². The van der Waals surface area contributed by atoms with Crippen LogP contribution in [0.4, 0.5) is 13.2 Å². The SMILES string of the molecule is CC(C)c1c(F)c(F)c(Cl)c(F)c1Br. The summed E-state index contributed by atoms with van der Waals surface area (Å²) < 4.78 is 39.4. The van der Waals surface area contributed by atoms with Crippen LogP contribution < -0.4 is 0 Å². The highest BCUT2D eigenvalue weighted by molar-refractivity contribution is 9.10. The van der Waals surface area contributed by atoms with Crippen LogP contribution >= 0.6 is 27.5 Å². The van der Waals surface area contributed by atoms with Crippen molar-refractivity contribution < 1.29 is 13.2 Å². The average molecular weight is 288 g/mol. The standard InChI is InChI=1S/C9H7BrClF3/c1-3(2)4-5(10)8(13)6(11)9(14)7(4)12/h3H,1-2H3. The molecule has 1 aromatic carbocycles. The number of hydrogen-bond acceptors (Lipinski definition) is 0. The van der Waals surface area contributed by atoms with Crippen molar-refractivity contribution in [1.82, 2.24) is 0 Å². The first-order valence-electron chi connectivity index (χ1n) is 3.89. The lowest BCUT2D eigenvalue weighted by molar-refractivity contribution is 0.477. The lowest BCUT2D eigenvalue weighted by Crippen LogP contribution is -2.02. The van der Waals surface area contributed by atoms with E-state index < -0.39 is 22.5 Å². The van der Waals surface area contributed by atoms with Crippen LogP contribution in [-0.2, 0) is 0 Å². The molecule has 0 aromatic heterocycles. The van der Waals surface area contributed by atoms with E-state index in [1.165, 1.54) is 0 Å². The predicted octanol–water partition coefficient (Wildman–Crippen LogP) is 4.64. The molecule has 0 spiro atoms. The molecule has 0 radical (unpaired) electrons. The van der Waals surface area contributed by atoms with Crippen molar-refractivity contribution in [3.05, 3.63) is 32.5 Å². The Morgan fingerprint density at radius 1 is 1.07 bits per heavy atom. The molecule has 0 fully saturated rings. The van der Waals surface area contributed by atoms with Crippen LogP contribution in [-0.4, -0.2) is 0 Å². The summed E-state index contributed by atoms with van der Waals surface area (Å²) >= 11 is 8.10. The third kappa shape index (κ3) is 1.77. The minimum Gasteiger partial charge on any atom is -0.204 e. The Balaban J connectivity index is 3.60. The molecule has 78 valence electrons. The minimum atomic E-state index is -1.34. The summed E-state index contributed by atoms with van der Waals surface area (Å²) in [5.74, 6) is -3.73. The van der Waals surface area contributed by atoms with E-state index in [0.29, 0.717) is 0 Å². The van der Waals surface area contributed by atoms with Crippen molar-refractivity contribution in [3.8, 4) is 0 Å². The largest absolute Gasteiger partial charge is 0.204 e. The summed E-state index contributed by atoms with van der Waals surface area (Å²) in [6, 6.07) is 0. The summed E-state index contributed by atoms with van der Waals surface area (Å²) in [5, 5.41) is -0.821. The molecule has 0 aliphatic heterocycles. The maximum Gasteiger partial charge on any atom is 0.180 e. The van der Waals surface area contributed by atoms with Crippen molar-refractivity contribution in [1.29, 1.82) is 0 Å². The van der Waals surface area contributed by atoms with Gasteiger partial charge in [-0.15, -0.1) is 0 Å². The summed E-state index contributed by atoms with van der Waals surface area (Å²) in [4.78, 5) is 0. The molecule has 1 aromatic rings. The van der Waals surface area contributed by atoms with Gasteiger partial charge in [-0.25, -0.2) is 13.2 Å². The monoisotopic (exact) mass is 286 g/mol. The van der Waals surface area contributed by atoms with Crippen molar-refractivity contribution >= 4 is 27.5 Å².